The minimum absolute atomic E-state index is 0.359. The molecule has 3 aromatic carbocycles. The molecule has 5 rings (SSSR count). The summed E-state index contributed by atoms with van der Waals surface area (Å²) < 4.78 is 0. The second kappa shape index (κ2) is 9.32. The lowest BCUT2D eigenvalue weighted by Gasteiger charge is -2.39. The van der Waals surface area contributed by atoms with Crippen LogP contribution >= 0.6 is 0 Å². The fourth-order valence-corrected chi connectivity index (χ4v) is 5.23. The van der Waals surface area contributed by atoms with Crippen LogP contribution < -0.4 is 0 Å². The minimum Gasteiger partial charge on any atom is -0.389 e. The molecule has 1 saturated heterocycles. The third kappa shape index (κ3) is 4.64. The number of aromatic nitrogens is 1. The van der Waals surface area contributed by atoms with Gasteiger partial charge in [-0.05, 0) is 48.6 Å². The third-order valence-corrected chi connectivity index (χ3v) is 7.10. The van der Waals surface area contributed by atoms with Crippen molar-refractivity contribution >= 4 is 10.9 Å². The molecule has 164 valence electrons. The number of hydrogen-bond donors (Lipinski definition) is 2. The van der Waals surface area contributed by atoms with E-state index in [0.717, 1.165) is 45.3 Å². The maximum Gasteiger partial charge on any atom is 0.0712 e. The molecule has 1 aromatic heterocycles. The number of aliphatic hydroxyl groups is 1. The molecule has 0 amide bonds. The number of nitrogens with zero attached hydrogens (tertiary/aromatic N) is 1. The Kier molecular flexibility index (Phi) is 6.11. The molecule has 0 saturated carbocycles. The van der Waals surface area contributed by atoms with Crippen molar-refractivity contribution < 1.29 is 5.11 Å². The van der Waals surface area contributed by atoms with Crippen LogP contribution in [0.25, 0.3) is 10.9 Å². The lowest BCUT2D eigenvalue weighted by molar-refractivity contribution is -0.0209. The second-order valence-electron chi connectivity index (χ2n) is 9.27. The Morgan fingerprint density at radius 1 is 0.844 bits per heavy atom. The van der Waals surface area contributed by atoms with Crippen LogP contribution in [-0.2, 0) is 6.42 Å². The SMILES string of the molecule is OC1(Cc2ccccc2)CCN(CCC(c2ccccc2)c2c[nH]c3ccccc23)CC1. The van der Waals surface area contributed by atoms with Gasteiger partial charge in [-0.25, -0.2) is 0 Å². The first-order valence-corrected chi connectivity index (χ1v) is 11.8. The number of benzene rings is 3. The number of rotatable bonds is 7. The number of hydrogen-bond acceptors (Lipinski definition) is 2. The molecule has 0 aliphatic carbocycles. The fourth-order valence-electron chi connectivity index (χ4n) is 5.23. The van der Waals surface area contributed by atoms with Gasteiger partial charge < -0.3 is 15.0 Å². The maximum atomic E-state index is 11.1. The number of H-pyrrole nitrogens is 1. The lowest BCUT2D eigenvalue weighted by atomic mass is 9.84. The predicted octanol–water partition coefficient (Wildman–Crippen LogP) is 5.76. The number of likely N-dealkylation sites (tertiary alicyclic amines) is 1. The van der Waals surface area contributed by atoms with Crippen molar-refractivity contribution in [2.45, 2.75) is 37.2 Å². The van der Waals surface area contributed by atoms with Gasteiger partial charge in [0, 0.05) is 42.5 Å². The van der Waals surface area contributed by atoms with E-state index < -0.39 is 5.60 Å². The van der Waals surface area contributed by atoms with Crippen molar-refractivity contribution in [3.8, 4) is 0 Å². The highest BCUT2D eigenvalue weighted by atomic mass is 16.3. The number of para-hydroxylation sites is 1. The number of nitrogens with one attached hydrogen (secondary N) is 1. The Labute approximate surface area is 190 Å². The highest BCUT2D eigenvalue weighted by Gasteiger charge is 2.32. The van der Waals surface area contributed by atoms with E-state index in [0.29, 0.717) is 5.92 Å². The third-order valence-electron chi connectivity index (χ3n) is 7.10. The summed E-state index contributed by atoms with van der Waals surface area (Å²) in [4.78, 5) is 6.00. The Bertz CT molecular complexity index is 1130. The number of fused-ring (bicyclic) bond motifs is 1. The van der Waals surface area contributed by atoms with Crippen LogP contribution in [0.3, 0.4) is 0 Å². The van der Waals surface area contributed by atoms with Crippen molar-refractivity contribution in [1.82, 2.24) is 9.88 Å². The van der Waals surface area contributed by atoms with Crippen LogP contribution in [0.2, 0.25) is 0 Å². The molecule has 1 aliphatic heterocycles. The number of aromatic amines is 1. The van der Waals surface area contributed by atoms with Gasteiger partial charge in [0.05, 0.1) is 5.60 Å². The van der Waals surface area contributed by atoms with Crippen LogP contribution in [0, 0.1) is 0 Å². The zero-order valence-corrected chi connectivity index (χ0v) is 18.6. The molecule has 0 spiro atoms. The van der Waals surface area contributed by atoms with Gasteiger partial charge in [0.2, 0.25) is 0 Å². The molecular formula is C29H32N2O. The first-order chi connectivity index (χ1) is 15.7. The van der Waals surface area contributed by atoms with Gasteiger partial charge in [-0.2, -0.15) is 0 Å². The monoisotopic (exact) mass is 424 g/mol. The minimum atomic E-state index is -0.576. The predicted molar refractivity (Wildman–Crippen MR) is 132 cm³/mol. The first-order valence-electron chi connectivity index (χ1n) is 11.8. The summed E-state index contributed by atoms with van der Waals surface area (Å²) in [6.07, 6.45) is 5.69. The van der Waals surface area contributed by atoms with Crippen molar-refractivity contribution in [3.63, 3.8) is 0 Å². The van der Waals surface area contributed by atoms with Crippen LogP contribution in [0.15, 0.2) is 91.1 Å². The van der Waals surface area contributed by atoms with Crippen LogP contribution in [-0.4, -0.2) is 40.2 Å². The molecular weight excluding hydrogens is 392 g/mol. The molecule has 0 bridgehead atoms. The van der Waals surface area contributed by atoms with Crippen LogP contribution in [0.1, 0.15) is 41.9 Å². The van der Waals surface area contributed by atoms with Crippen LogP contribution in [0.4, 0.5) is 0 Å². The molecule has 0 radical (unpaired) electrons. The van der Waals surface area contributed by atoms with Gasteiger partial charge in [-0.3, -0.25) is 0 Å². The van der Waals surface area contributed by atoms with E-state index in [1.165, 1.54) is 27.6 Å². The zero-order chi connectivity index (χ0) is 21.8. The molecule has 2 heterocycles. The van der Waals surface area contributed by atoms with Crippen molar-refractivity contribution in [3.05, 3.63) is 108 Å². The summed E-state index contributed by atoms with van der Waals surface area (Å²) in [7, 11) is 0. The Morgan fingerprint density at radius 2 is 1.50 bits per heavy atom. The van der Waals surface area contributed by atoms with Gasteiger partial charge in [-0.1, -0.05) is 78.9 Å². The average molecular weight is 425 g/mol. The molecule has 32 heavy (non-hydrogen) atoms. The van der Waals surface area contributed by atoms with E-state index in [1.807, 2.05) is 6.07 Å². The summed E-state index contributed by atoms with van der Waals surface area (Å²) in [6.45, 7) is 2.96. The molecule has 1 fully saturated rings. The Hall–Kier alpha value is -2.88. The molecule has 4 aromatic rings. The largest absolute Gasteiger partial charge is 0.389 e. The smallest absolute Gasteiger partial charge is 0.0712 e. The number of piperidine rings is 1. The normalized spacial score (nSPS) is 17.4. The molecule has 2 N–H and O–H groups in total. The quantitative estimate of drug-likeness (QED) is 0.396. The Morgan fingerprint density at radius 3 is 2.25 bits per heavy atom. The van der Waals surface area contributed by atoms with Crippen molar-refractivity contribution in [2.24, 2.45) is 0 Å². The van der Waals surface area contributed by atoms with Gasteiger partial charge in [0.25, 0.3) is 0 Å². The van der Waals surface area contributed by atoms with Crippen molar-refractivity contribution in [1.29, 1.82) is 0 Å². The summed E-state index contributed by atoms with van der Waals surface area (Å²) in [5.74, 6) is 0.359. The summed E-state index contributed by atoms with van der Waals surface area (Å²) >= 11 is 0. The van der Waals surface area contributed by atoms with Gasteiger partial charge in [0.15, 0.2) is 0 Å². The van der Waals surface area contributed by atoms with Gasteiger partial charge >= 0.3 is 0 Å². The maximum absolute atomic E-state index is 11.1. The van der Waals surface area contributed by atoms with E-state index in [1.54, 1.807) is 0 Å². The highest BCUT2D eigenvalue weighted by Crippen LogP contribution is 2.34. The van der Waals surface area contributed by atoms with Crippen molar-refractivity contribution in [2.75, 3.05) is 19.6 Å². The van der Waals surface area contributed by atoms with Gasteiger partial charge in [-0.15, -0.1) is 0 Å². The summed E-state index contributed by atoms with van der Waals surface area (Å²) in [5.41, 5.74) is 4.60. The highest BCUT2D eigenvalue weighted by molar-refractivity contribution is 5.84. The lowest BCUT2D eigenvalue weighted by Crippen LogP contribution is -2.46. The Balaban J connectivity index is 1.27. The summed E-state index contributed by atoms with van der Waals surface area (Å²) in [5, 5.41) is 12.5. The molecule has 3 heteroatoms. The molecule has 3 nitrogen and oxygen atoms in total. The van der Waals surface area contributed by atoms with Gasteiger partial charge in [0.1, 0.15) is 0 Å². The molecule has 1 atom stereocenters. The summed E-state index contributed by atoms with van der Waals surface area (Å²) in [6, 6.07) is 29.9. The topological polar surface area (TPSA) is 39.3 Å². The van der Waals surface area contributed by atoms with E-state index in [4.69, 9.17) is 0 Å². The van der Waals surface area contributed by atoms with Crippen LogP contribution in [0.5, 0.6) is 0 Å². The average Bonchev–Trinajstić information content (AvgIpc) is 3.26. The molecule has 1 aliphatic rings. The fraction of sp³-hybridized carbons (Fsp3) is 0.310. The zero-order valence-electron chi connectivity index (χ0n) is 18.6. The van der Waals surface area contributed by atoms with E-state index in [9.17, 15) is 5.11 Å². The van der Waals surface area contributed by atoms with E-state index in [2.05, 4.69) is 94.9 Å². The second-order valence-corrected chi connectivity index (χ2v) is 9.27. The molecule has 1 unspecified atom stereocenters. The van der Waals surface area contributed by atoms with E-state index >= 15 is 0 Å². The first kappa shape index (κ1) is 21.0. The van der Waals surface area contributed by atoms with E-state index in [-0.39, 0.29) is 0 Å². The standard InChI is InChI=1S/C29H32N2O/c32-29(21-23-9-3-1-4-10-23)16-19-31(20-17-29)18-15-25(24-11-5-2-6-12-24)27-22-30-28-14-8-7-13-26(27)28/h1-14,22,25,30,32H,15-21H2.